The zero-order valence-corrected chi connectivity index (χ0v) is 15.3. The van der Waals surface area contributed by atoms with Gasteiger partial charge in [-0.25, -0.2) is 0 Å². The number of rotatable bonds is 2. The Morgan fingerprint density at radius 3 is 2.30 bits per heavy atom. The van der Waals surface area contributed by atoms with Crippen molar-refractivity contribution in [2.24, 2.45) is 0 Å². The predicted molar refractivity (Wildman–Crippen MR) is 104 cm³/mol. The number of carbonyl (C=O) groups excluding carboxylic acids is 1. The first-order chi connectivity index (χ1) is 11.0. The van der Waals surface area contributed by atoms with E-state index in [0.29, 0.717) is 35.5 Å². The lowest BCUT2D eigenvalue weighted by molar-refractivity contribution is -0.113. The molecule has 3 rings (SSSR count). The average molecular weight is 401 g/mol. The highest BCUT2D eigenvalue weighted by atomic mass is 35.5. The van der Waals surface area contributed by atoms with E-state index in [-0.39, 0.29) is 5.91 Å². The molecule has 0 bridgehead atoms. The van der Waals surface area contributed by atoms with Crippen molar-refractivity contribution in [2.45, 2.75) is 0 Å². The van der Waals surface area contributed by atoms with Crippen molar-refractivity contribution in [3.63, 3.8) is 0 Å². The molecule has 0 aromatic heterocycles. The van der Waals surface area contributed by atoms with Crippen LogP contribution in [0.4, 0.5) is 5.69 Å². The molecule has 0 atom stereocenters. The molecule has 1 aliphatic heterocycles. The second-order valence-electron chi connectivity index (χ2n) is 4.66. The second kappa shape index (κ2) is 6.83. The van der Waals surface area contributed by atoms with Gasteiger partial charge in [-0.3, -0.25) is 9.69 Å². The fraction of sp³-hybridized carbons (Fsp3) is 0. The van der Waals surface area contributed by atoms with Crippen molar-refractivity contribution in [2.75, 3.05) is 4.90 Å². The molecule has 23 heavy (non-hydrogen) atoms. The standard InChI is InChI=1S/C16H8Cl3NOS2/c17-10-3-5-12(6-4-10)20-15(21)14(23-16(20)22)7-9-1-2-11(18)8-13(9)19/h1-8H/b14-7-. The van der Waals surface area contributed by atoms with Crippen LogP contribution in [0.25, 0.3) is 6.08 Å². The molecule has 2 aromatic carbocycles. The summed E-state index contributed by atoms with van der Waals surface area (Å²) in [6.07, 6.45) is 1.72. The maximum atomic E-state index is 12.6. The van der Waals surface area contributed by atoms with E-state index < -0.39 is 0 Å². The summed E-state index contributed by atoms with van der Waals surface area (Å²) in [6.45, 7) is 0. The van der Waals surface area contributed by atoms with Gasteiger partial charge >= 0.3 is 0 Å². The van der Waals surface area contributed by atoms with Crippen LogP contribution >= 0.6 is 58.8 Å². The van der Waals surface area contributed by atoms with Crippen molar-refractivity contribution in [1.29, 1.82) is 0 Å². The molecule has 0 N–H and O–H groups in total. The van der Waals surface area contributed by atoms with Crippen molar-refractivity contribution in [3.05, 3.63) is 68.0 Å². The molecular weight excluding hydrogens is 393 g/mol. The third kappa shape index (κ3) is 3.57. The molecule has 1 saturated heterocycles. The normalized spacial score (nSPS) is 16.5. The SMILES string of the molecule is O=C1/C(=C/c2ccc(Cl)cc2Cl)SC(=S)N1c1ccc(Cl)cc1. The summed E-state index contributed by atoms with van der Waals surface area (Å²) in [5, 5.41) is 1.62. The lowest BCUT2D eigenvalue weighted by atomic mass is 10.2. The van der Waals surface area contributed by atoms with Gasteiger partial charge in [0.25, 0.3) is 5.91 Å². The third-order valence-electron chi connectivity index (χ3n) is 3.13. The lowest BCUT2D eigenvalue weighted by Crippen LogP contribution is -2.27. The highest BCUT2D eigenvalue weighted by Gasteiger charge is 2.33. The number of nitrogens with zero attached hydrogens (tertiary/aromatic N) is 1. The third-order valence-corrected chi connectivity index (χ3v) is 5.24. The van der Waals surface area contributed by atoms with Gasteiger partial charge < -0.3 is 0 Å². The van der Waals surface area contributed by atoms with Crippen LogP contribution in [-0.2, 0) is 4.79 Å². The zero-order chi connectivity index (χ0) is 16.6. The van der Waals surface area contributed by atoms with Gasteiger partial charge in [0, 0.05) is 15.1 Å². The quantitative estimate of drug-likeness (QED) is 0.452. The van der Waals surface area contributed by atoms with Crippen LogP contribution in [0.1, 0.15) is 5.56 Å². The number of amides is 1. The summed E-state index contributed by atoms with van der Waals surface area (Å²) in [5.74, 6) is -0.187. The van der Waals surface area contributed by atoms with Gasteiger partial charge in [-0.1, -0.05) is 64.8 Å². The largest absolute Gasteiger partial charge is 0.270 e. The first kappa shape index (κ1) is 16.8. The van der Waals surface area contributed by atoms with E-state index in [2.05, 4.69) is 0 Å². The number of thioether (sulfide) groups is 1. The molecule has 2 nitrogen and oxygen atoms in total. The molecule has 116 valence electrons. The monoisotopic (exact) mass is 399 g/mol. The summed E-state index contributed by atoms with van der Waals surface area (Å²) >= 11 is 24.5. The average Bonchev–Trinajstić information content (AvgIpc) is 2.78. The maximum Gasteiger partial charge on any atom is 0.270 e. The van der Waals surface area contributed by atoms with Crippen LogP contribution < -0.4 is 4.90 Å². The molecule has 0 radical (unpaired) electrons. The molecule has 0 saturated carbocycles. The van der Waals surface area contributed by atoms with Crippen LogP contribution in [0.3, 0.4) is 0 Å². The van der Waals surface area contributed by atoms with Crippen LogP contribution in [0.5, 0.6) is 0 Å². The Morgan fingerprint density at radius 2 is 1.65 bits per heavy atom. The fourth-order valence-electron chi connectivity index (χ4n) is 2.04. The van der Waals surface area contributed by atoms with Crippen molar-refractivity contribution < 1.29 is 4.79 Å². The molecule has 0 unspecified atom stereocenters. The molecule has 1 heterocycles. The number of hydrogen-bond acceptors (Lipinski definition) is 3. The minimum atomic E-state index is -0.187. The van der Waals surface area contributed by atoms with Crippen LogP contribution in [0, 0.1) is 0 Å². The number of carbonyl (C=O) groups is 1. The Balaban J connectivity index is 1.94. The van der Waals surface area contributed by atoms with Crippen LogP contribution in [0.15, 0.2) is 47.4 Å². The predicted octanol–water partition coefficient (Wildman–Crippen LogP) is 6.05. The fourth-order valence-corrected chi connectivity index (χ4v) is 3.92. The van der Waals surface area contributed by atoms with Gasteiger partial charge in [0.2, 0.25) is 0 Å². The van der Waals surface area contributed by atoms with Crippen molar-refractivity contribution >= 4 is 80.8 Å². The smallest absolute Gasteiger partial charge is 0.268 e. The van der Waals surface area contributed by atoms with E-state index in [9.17, 15) is 4.79 Å². The van der Waals surface area contributed by atoms with Gasteiger partial charge in [0.1, 0.15) is 0 Å². The number of thiocarbonyl (C=S) groups is 1. The van der Waals surface area contributed by atoms with Gasteiger partial charge in [-0.15, -0.1) is 0 Å². The summed E-state index contributed by atoms with van der Waals surface area (Å²) in [4.78, 5) is 14.6. The van der Waals surface area contributed by atoms with Gasteiger partial charge in [-0.2, -0.15) is 0 Å². The topological polar surface area (TPSA) is 20.3 Å². The molecule has 0 spiro atoms. The summed E-state index contributed by atoms with van der Waals surface area (Å²) in [6, 6.07) is 12.1. The van der Waals surface area contributed by atoms with E-state index in [4.69, 9.17) is 47.0 Å². The first-order valence-corrected chi connectivity index (χ1v) is 8.80. The summed E-state index contributed by atoms with van der Waals surface area (Å²) in [7, 11) is 0. The van der Waals surface area contributed by atoms with Gasteiger partial charge in [0.15, 0.2) is 4.32 Å². The minimum Gasteiger partial charge on any atom is -0.268 e. The molecule has 0 aliphatic carbocycles. The van der Waals surface area contributed by atoms with Crippen molar-refractivity contribution in [3.8, 4) is 0 Å². The zero-order valence-electron chi connectivity index (χ0n) is 11.4. The van der Waals surface area contributed by atoms with Crippen molar-refractivity contribution in [1.82, 2.24) is 0 Å². The van der Waals surface area contributed by atoms with E-state index in [1.54, 1.807) is 48.5 Å². The molecular formula is C16H8Cl3NOS2. The molecule has 1 aliphatic rings. The van der Waals surface area contributed by atoms with Gasteiger partial charge in [-0.05, 0) is 48.0 Å². The molecule has 1 amide bonds. The molecule has 1 fully saturated rings. The highest BCUT2D eigenvalue weighted by molar-refractivity contribution is 8.27. The van der Waals surface area contributed by atoms with Gasteiger partial charge in [0.05, 0.1) is 10.6 Å². The maximum absolute atomic E-state index is 12.6. The van der Waals surface area contributed by atoms with E-state index in [1.165, 1.54) is 16.7 Å². The lowest BCUT2D eigenvalue weighted by Gasteiger charge is -2.14. The van der Waals surface area contributed by atoms with Crippen LogP contribution in [0.2, 0.25) is 15.1 Å². The Bertz CT molecular complexity index is 834. The Hall–Kier alpha value is -1.04. The van der Waals surface area contributed by atoms with E-state index >= 15 is 0 Å². The number of hydrogen-bond donors (Lipinski definition) is 0. The summed E-state index contributed by atoms with van der Waals surface area (Å²) < 4.78 is 0.466. The van der Waals surface area contributed by atoms with E-state index in [1.807, 2.05) is 0 Å². The molecule has 7 heteroatoms. The summed E-state index contributed by atoms with van der Waals surface area (Å²) in [5.41, 5.74) is 1.40. The van der Waals surface area contributed by atoms with Crippen LogP contribution in [-0.4, -0.2) is 10.2 Å². The van der Waals surface area contributed by atoms with E-state index in [0.717, 1.165) is 0 Å². The Labute approximate surface area is 158 Å². The number of halogens is 3. The second-order valence-corrected chi connectivity index (χ2v) is 7.62. The number of benzene rings is 2. The Kier molecular flexibility index (Phi) is 4.99. The molecule has 2 aromatic rings. The number of anilines is 1. The minimum absolute atomic E-state index is 0.187. The Morgan fingerprint density at radius 1 is 1.00 bits per heavy atom. The first-order valence-electron chi connectivity index (χ1n) is 6.44. The highest BCUT2D eigenvalue weighted by Crippen LogP contribution is 2.37.